The van der Waals surface area contributed by atoms with E-state index in [1.165, 1.54) is 29.6 Å². The number of nitro benzene ring substituents is 1. The van der Waals surface area contributed by atoms with E-state index < -0.39 is 14.9 Å². The van der Waals surface area contributed by atoms with Gasteiger partial charge in [-0.15, -0.1) is 11.8 Å². The normalized spacial score (nSPS) is 15.7. The minimum atomic E-state index is -4.27. The molecular weight excluding hydrogens is 830 g/mol. The maximum Gasteiger partial charge on any atom is 0.293 e. The fourth-order valence-corrected chi connectivity index (χ4v) is 10.0. The van der Waals surface area contributed by atoms with Crippen LogP contribution < -0.4 is 20.3 Å². The molecule has 1 atom stereocenters. The molecular formula is C45H48ClN9O4S2. The van der Waals surface area contributed by atoms with Crippen molar-refractivity contribution < 1.29 is 13.3 Å². The van der Waals surface area contributed by atoms with E-state index in [1.807, 2.05) is 60.7 Å². The average molecular weight is 879 g/mol. The zero-order valence-electron chi connectivity index (χ0n) is 33.6. The number of halogens is 1. The number of aromatic nitrogens is 2. The third-order valence-electron chi connectivity index (χ3n) is 11.2. The van der Waals surface area contributed by atoms with E-state index >= 15 is 0 Å². The molecule has 0 aliphatic carbocycles. The van der Waals surface area contributed by atoms with Crippen molar-refractivity contribution in [2.24, 2.45) is 0 Å². The number of sulfonamides is 1. The molecule has 0 amide bonds. The number of hydrogen-bond donors (Lipinski definition) is 3. The van der Waals surface area contributed by atoms with Gasteiger partial charge in [0.25, 0.3) is 15.7 Å². The zero-order valence-corrected chi connectivity index (χ0v) is 36.0. The van der Waals surface area contributed by atoms with Gasteiger partial charge in [-0.1, -0.05) is 66.2 Å². The molecule has 2 fully saturated rings. The van der Waals surface area contributed by atoms with E-state index in [-0.39, 0.29) is 28.1 Å². The molecule has 0 radical (unpaired) electrons. The maximum atomic E-state index is 13.8. The molecule has 16 heteroatoms. The fourth-order valence-electron chi connectivity index (χ4n) is 7.84. The maximum absolute atomic E-state index is 13.8. The van der Waals surface area contributed by atoms with Crippen molar-refractivity contribution in [3.05, 3.63) is 142 Å². The molecule has 13 nitrogen and oxygen atoms in total. The van der Waals surface area contributed by atoms with Crippen LogP contribution in [0, 0.1) is 10.1 Å². The lowest BCUT2D eigenvalue weighted by Gasteiger charge is -2.36. The molecule has 5 aromatic carbocycles. The Morgan fingerprint density at radius 2 is 1.59 bits per heavy atom. The molecule has 3 N–H and O–H groups in total. The second kappa shape index (κ2) is 19.6. The standard InChI is InChI=1S/C45H48ClN9O4S2/c46-35-12-10-33(11-13-35)40-9-5-4-6-34(40)30-53-24-26-54(27-25-53)37-14-16-41-43(28-37)48-32-49-45(41)51-61(58,59)39-15-17-42(44(29-39)55(56)57)50-36(18-21-52-22-19-47-20-23-52)31-60-38-7-2-1-3-8-38/h1-17,28-29,32,36,47,50H,18-27,30-31H2,(H,48,49,51). The van der Waals surface area contributed by atoms with Crippen molar-refractivity contribution in [2.75, 3.05) is 79.6 Å². The first-order valence-corrected chi connectivity index (χ1v) is 23.3. The lowest BCUT2D eigenvalue weighted by Crippen LogP contribution is -2.46. The first-order valence-electron chi connectivity index (χ1n) is 20.4. The highest BCUT2D eigenvalue weighted by Crippen LogP contribution is 2.33. The lowest BCUT2D eigenvalue weighted by atomic mass is 9.99. The van der Waals surface area contributed by atoms with Crippen molar-refractivity contribution in [1.82, 2.24) is 25.1 Å². The predicted octanol–water partition coefficient (Wildman–Crippen LogP) is 7.85. The molecule has 8 rings (SSSR count). The Kier molecular flexibility index (Phi) is 13.6. The second-order valence-electron chi connectivity index (χ2n) is 15.2. The van der Waals surface area contributed by atoms with Crippen molar-refractivity contribution in [3.8, 4) is 11.1 Å². The van der Waals surface area contributed by atoms with Crippen molar-refractivity contribution in [3.63, 3.8) is 0 Å². The second-order valence-corrected chi connectivity index (χ2v) is 18.5. The van der Waals surface area contributed by atoms with Crippen molar-refractivity contribution in [1.29, 1.82) is 0 Å². The summed E-state index contributed by atoms with van der Waals surface area (Å²) in [5.41, 5.74) is 5.11. The number of piperazine rings is 2. The quantitative estimate of drug-likeness (QED) is 0.0494. The van der Waals surface area contributed by atoms with Crippen LogP contribution in [0.3, 0.4) is 0 Å². The largest absolute Gasteiger partial charge is 0.376 e. The first kappa shape index (κ1) is 42.4. The number of nitrogens with zero attached hydrogens (tertiary/aromatic N) is 6. The molecule has 2 aliphatic rings. The third-order valence-corrected chi connectivity index (χ3v) is 14.0. The van der Waals surface area contributed by atoms with Gasteiger partial charge in [0.05, 0.1) is 15.3 Å². The summed E-state index contributed by atoms with van der Waals surface area (Å²) in [6.45, 7) is 8.78. The van der Waals surface area contributed by atoms with Crippen LogP contribution in [-0.2, 0) is 16.6 Å². The summed E-state index contributed by atoms with van der Waals surface area (Å²) < 4.78 is 30.3. The Balaban J connectivity index is 0.934. The van der Waals surface area contributed by atoms with Gasteiger partial charge in [0.2, 0.25) is 0 Å². The van der Waals surface area contributed by atoms with Crippen LogP contribution in [0.15, 0.2) is 131 Å². The zero-order chi connectivity index (χ0) is 42.2. The Labute approximate surface area is 365 Å². The Hall–Kier alpha value is -5.29. The highest BCUT2D eigenvalue weighted by molar-refractivity contribution is 7.99. The van der Waals surface area contributed by atoms with Gasteiger partial charge in [-0.3, -0.25) is 19.7 Å². The van der Waals surface area contributed by atoms with Crippen LogP contribution >= 0.6 is 23.4 Å². The SMILES string of the molecule is O=[N+]([O-])c1cc(S(=O)(=O)Nc2ncnc3cc(N4CCN(Cc5ccccc5-c5ccc(Cl)cc5)CC4)ccc23)ccc1NC(CCN1CCNCC1)CSc1ccccc1. The molecule has 2 aliphatic heterocycles. The minimum Gasteiger partial charge on any atom is -0.376 e. The number of anilines is 3. The van der Waals surface area contributed by atoms with E-state index in [1.54, 1.807) is 11.8 Å². The lowest BCUT2D eigenvalue weighted by molar-refractivity contribution is -0.384. The number of benzene rings is 5. The highest BCUT2D eigenvalue weighted by Gasteiger charge is 2.26. The molecule has 316 valence electrons. The van der Waals surface area contributed by atoms with Crippen LogP contribution in [0.5, 0.6) is 0 Å². The topological polar surface area (TPSA) is 149 Å². The van der Waals surface area contributed by atoms with Crippen molar-refractivity contribution >= 4 is 67.2 Å². The minimum absolute atomic E-state index is 0.0940. The average Bonchev–Trinajstić information content (AvgIpc) is 3.28. The molecule has 2 saturated heterocycles. The van der Waals surface area contributed by atoms with E-state index in [2.05, 4.69) is 76.4 Å². The van der Waals surface area contributed by atoms with E-state index in [0.29, 0.717) is 21.7 Å². The van der Waals surface area contributed by atoms with Gasteiger partial charge >= 0.3 is 0 Å². The molecule has 1 aromatic heterocycles. The van der Waals surface area contributed by atoms with Gasteiger partial charge in [0.15, 0.2) is 5.82 Å². The van der Waals surface area contributed by atoms with Gasteiger partial charge in [-0.2, -0.15) is 0 Å². The molecule has 0 spiro atoms. The van der Waals surface area contributed by atoms with Crippen LogP contribution in [0.1, 0.15) is 12.0 Å². The summed E-state index contributed by atoms with van der Waals surface area (Å²) in [7, 11) is -4.27. The monoisotopic (exact) mass is 877 g/mol. The summed E-state index contributed by atoms with van der Waals surface area (Å²) in [5, 5.41) is 20.4. The third kappa shape index (κ3) is 10.8. The number of nitrogens with one attached hydrogen (secondary N) is 3. The molecule has 1 unspecified atom stereocenters. The molecule has 3 heterocycles. The summed E-state index contributed by atoms with van der Waals surface area (Å²) in [6, 6.07) is 36.0. The van der Waals surface area contributed by atoms with Gasteiger partial charge in [-0.25, -0.2) is 18.4 Å². The van der Waals surface area contributed by atoms with Crippen molar-refractivity contribution in [2.45, 2.75) is 28.8 Å². The van der Waals surface area contributed by atoms with E-state index in [4.69, 9.17) is 11.6 Å². The van der Waals surface area contributed by atoms with E-state index in [9.17, 15) is 18.5 Å². The highest BCUT2D eigenvalue weighted by atomic mass is 35.5. The molecule has 0 bridgehead atoms. The molecule has 0 saturated carbocycles. The van der Waals surface area contributed by atoms with Gasteiger partial charge in [0.1, 0.15) is 12.0 Å². The smallest absolute Gasteiger partial charge is 0.293 e. The number of thioether (sulfide) groups is 1. The molecule has 6 aromatic rings. The first-order chi connectivity index (χ1) is 29.7. The number of rotatable bonds is 16. The Bertz CT molecular complexity index is 2560. The Morgan fingerprint density at radius 1 is 0.836 bits per heavy atom. The number of nitro groups is 1. The van der Waals surface area contributed by atoms with Crippen LogP contribution in [0.4, 0.5) is 22.9 Å². The fraction of sp³-hybridized carbons (Fsp3) is 0.289. The Morgan fingerprint density at radius 3 is 2.36 bits per heavy atom. The number of fused-ring (bicyclic) bond motifs is 1. The summed E-state index contributed by atoms with van der Waals surface area (Å²) in [6.07, 6.45) is 2.08. The van der Waals surface area contributed by atoms with Gasteiger partial charge in [0, 0.05) is 104 Å². The van der Waals surface area contributed by atoms with Crippen LogP contribution in [0.2, 0.25) is 5.02 Å². The predicted molar refractivity (Wildman–Crippen MR) is 246 cm³/mol. The van der Waals surface area contributed by atoms with Gasteiger partial charge < -0.3 is 20.4 Å². The van der Waals surface area contributed by atoms with Crippen LogP contribution in [-0.4, -0.2) is 104 Å². The van der Waals surface area contributed by atoms with Gasteiger partial charge in [-0.05, 0) is 77.7 Å². The van der Waals surface area contributed by atoms with Crippen LogP contribution in [0.25, 0.3) is 22.0 Å². The summed E-state index contributed by atoms with van der Waals surface area (Å²) >= 11 is 7.83. The summed E-state index contributed by atoms with van der Waals surface area (Å²) in [5.74, 6) is 0.769. The molecule has 61 heavy (non-hydrogen) atoms. The van der Waals surface area contributed by atoms with E-state index in [0.717, 1.165) is 94.1 Å². The number of hydrogen-bond acceptors (Lipinski definition) is 12. The summed E-state index contributed by atoms with van der Waals surface area (Å²) in [4.78, 5) is 28.7.